The number of piperazine rings is 1. The molecule has 1 aliphatic rings. The highest BCUT2D eigenvalue weighted by molar-refractivity contribution is 5.67. The number of rotatable bonds is 7. The number of ether oxygens (including phenoxy) is 1. The third-order valence-electron chi connectivity index (χ3n) is 3.84. The fourth-order valence-electron chi connectivity index (χ4n) is 2.50. The second-order valence-electron chi connectivity index (χ2n) is 5.47. The first-order valence-electron chi connectivity index (χ1n) is 7.82. The molecule has 0 aliphatic carbocycles. The normalized spacial score (nSPS) is 15.5. The third-order valence-corrected chi connectivity index (χ3v) is 3.84. The molecule has 0 atom stereocenters. The molecule has 2 rings (SSSR count). The molecule has 0 saturated carbocycles. The predicted octanol–water partition coefficient (Wildman–Crippen LogP) is 2.22. The van der Waals surface area contributed by atoms with Crippen molar-refractivity contribution in [3.8, 4) is 0 Å². The Balaban J connectivity index is 1.63. The number of hydrogen-bond acceptors (Lipinski definition) is 4. The molecule has 5 heteroatoms. The number of carbonyl (C=O) groups is 1. The molecule has 1 radical (unpaired) electrons. The van der Waals surface area contributed by atoms with Crippen LogP contribution in [0.4, 0.5) is 4.79 Å². The van der Waals surface area contributed by atoms with Crippen LogP contribution in [0, 0.1) is 0 Å². The van der Waals surface area contributed by atoms with E-state index in [4.69, 9.17) is 4.74 Å². The van der Waals surface area contributed by atoms with Gasteiger partial charge >= 0.3 is 6.09 Å². The summed E-state index contributed by atoms with van der Waals surface area (Å²) < 4.78 is 5.34. The molecule has 1 saturated heterocycles. The lowest BCUT2D eigenvalue weighted by Crippen LogP contribution is -2.48. The maximum atomic E-state index is 12.0. The lowest BCUT2D eigenvalue weighted by Gasteiger charge is -2.34. The Morgan fingerprint density at radius 3 is 2.50 bits per heavy atom. The largest absolute Gasteiger partial charge is 0.445 e. The van der Waals surface area contributed by atoms with Crippen molar-refractivity contribution in [3.63, 3.8) is 0 Å². The zero-order valence-corrected chi connectivity index (χ0v) is 12.9. The van der Waals surface area contributed by atoms with Crippen LogP contribution in [0.2, 0.25) is 0 Å². The van der Waals surface area contributed by atoms with Gasteiger partial charge in [-0.05, 0) is 24.9 Å². The zero-order chi connectivity index (χ0) is 15.6. The molecule has 0 unspecified atom stereocenters. The summed E-state index contributed by atoms with van der Waals surface area (Å²) in [5.74, 6) is 0. The predicted molar refractivity (Wildman–Crippen MR) is 84.2 cm³/mol. The smallest absolute Gasteiger partial charge is 0.410 e. The van der Waals surface area contributed by atoms with Gasteiger partial charge in [-0.15, -0.1) is 0 Å². The van der Waals surface area contributed by atoms with Crippen molar-refractivity contribution in [3.05, 3.63) is 35.9 Å². The molecule has 1 aromatic rings. The highest BCUT2D eigenvalue weighted by Gasteiger charge is 2.21. The van der Waals surface area contributed by atoms with Gasteiger partial charge in [0.25, 0.3) is 0 Å². The highest BCUT2D eigenvalue weighted by atomic mass is 16.6. The molecule has 1 fully saturated rings. The average molecular weight is 303 g/mol. The number of carbonyl (C=O) groups excluding carboxylic acids is 2. The van der Waals surface area contributed by atoms with Gasteiger partial charge < -0.3 is 9.64 Å². The first-order valence-corrected chi connectivity index (χ1v) is 7.82. The lowest BCUT2D eigenvalue weighted by molar-refractivity contribution is 0.0713. The van der Waals surface area contributed by atoms with Crippen molar-refractivity contribution in [1.29, 1.82) is 0 Å². The molecule has 119 valence electrons. The molecule has 1 aliphatic heterocycles. The number of amides is 1. The van der Waals surface area contributed by atoms with Crippen LogP contribution in [0.3, 0.4) is 0 Å². The van der Waals surface area contributed by atoms with Crippen LogP contribution < -0.4 is 0 Å². The van der Waals surface area contributed by atoms with E-state index in [0.717, 1.165) is 38.0 Å². The summed E-state index contributed by atoms with van der Waals surface area (Å²) in [5, 5.41) is 0. The van der Waals surface area contributed by atoms with Crippen LogP contribution in [0.5, 0.6) is 0 Å². The van der Waals surface area contributed by atoms with E-state index in [1.807, 2.05) is 36.6 Å². The van der Waals surface area contributed by atoms with E-state index in [1.165, 1.54) is 0 Å². The lowest BCUT2D eigenvalue weighted by atomic mass is 10.2. The van der Waals surface area contributed by atoms with Crippen LogP contribution >= 0.6 is 0 Å². The topological polar surface area (TPSA) is 49.9 Å². The van der Waals surface area contributed by atoms with Gasteiger partial charge in [-0.2, -0.15) is 0 Å². The van der Waals surface area contributed by atoms with Gasteiger partial charge in [-0.3, -0.25) is 9.69 Å². The Labute approximate surface area is 131 Å². The summed E-state index contributed by atoms with van der Waals surface area (Å²) in [5.41, 5.74) is 1.00. The first-order chi connectivity index (χ1) is 10.8. The zero-order valence-electron chi connectivity index (χ0n) is 12.9. The van der Waals surface area contributed by atoms with Crippen LogP contribution in [0.25, 0.3) is 0 Å². The Bertz CT molecular complexity index is 456. The van der Waals surface area contributed by atoms with Gasteiger partial charge in [0, 0.05) is 32.6 Å². The van der Waals surface area contributed by atoms with E-state index in [0.29, 0.717) is 26.1 Å². The minimum Gasteiger partial charge on any atom is -0.445 e. The molecule has 0 bridgehead atoms. The Morgan fingerprint density at radius 1 is 1.09 bits per heavy atom. The monoisotopic (exact) mass is 303 g/mol. The van der Waals surface area contributed by atoms with Gasteiger partial charge in [0.15, 0.2) is 6.29 Å². The van der Waals surface area contributed by atoms with Crippen LogP contribution in [-0.4, -0.2) is 54.9 Å². The molecule has 0 aromatic heterocycles. The molecule has 22 heavy (non-hydrogen) atoms. The Morgan fingerprint density at radius 2 is 1.82 bits per heavy atom. The fourth-order valence-corrected chi connectivity index (χ4v) is 2.50. The Kier molecular flexibility index (Phi) is 6.90. The number of nitrogens with zero attached hydrogens (tertiary/aromatic N) is 2. The number of unbranched alkanes of at least 4 members (excludes halogenated alkanes) is 2. The summed E-state index contributed by atoms with van der Waals surface area (Å²) in [7, 11) is 0. The van der Waals surface area contributed by atoms with E-state index in [2.05, 4.69) is 4.90 Å². The standard InChI is InChI=1S/C17H23N2O3/c20-14-6-2-5-9-18-10-12-19(13-11-18)17(21)22-15-16-7-3-1-4-8-16/h1,3-4,7-8H,2,5-6,9-13,15H2. The maximum absolute atomic E-state index is 12.0. The summed E-state index contributed by atoms with van der Waals surface area (Å²) in [6.07, 6.45) is 4.10. The minimum atomic E-state index is -0.237. The second-order valence-corrected chi connectivity index (χ2v) is 5.47. The third kappa shape index (κ3) is 5.48. The average Bonchev–Trinajstić information content (AvgIpc) is 2.58. The molecule has 1 heterocycles. The summed E-state index contributed by atoms with van der Waals surface area (Å²) >= 11 is 0. The minimum absolute atomic E-state index is 0.237. The van der Waals surface area contributed by atoms with Crippen molar-refractivity contribution < 1.29 is 14.3 Å². The van der Waals surface area contributed by atoms with Gasteiger partial charge in [-0.1, -0.05) is 30.3 Å². The van der Waals surface area contributed by atoms with Gasteiger partial charge in [0.2, 0.25) is 0 Å². The van der Waals surface area contributed by atoms with Crippen molar-refractivity contribution >= 4 is 12.4 Å². The molecule has 1 aromatic carbocycles. The van der Waals surface area contributed by atoms with E-state index in [1.54, 1.807) is 4.90 Å². The fraction of sp³-hybridized carbons (Fsp3) is 0.529. The van der Waals surface area contributed by atoms with E-state index in [9.17, 15) is 9.59 Å². The molecule has 5 nitrogen and oxygen atoms in total. The molecule has 1 amide bonds. The van der Waals surface area contributed by atoms with E-state index in [-0.39, 0.29) is 6.09 Å². The second kappa shape index (κ2) is 9.20. The summed E-state index contributed by atoms with van der Waals surface area (Å²) in [6, 6.07) is 9.70. The molecule has 0 N–H and O–H groups in total. The Hall–Kier alpha value is -1.88. The van der Waals surface area contributed by atoms with Crippen LogP contribution in [0.1, 0.15) is 24.8 Å². The first kappa shape index (κ1) is 16.5. The van der Waals surface area contributed by atoms with Crippen molar-refractivity contribution in [1.82, 2.24) is 9.80 Å². The molecular formula is C17H23N2O3. The van der Waals surface area contributed by atoms with Gasteiger partial charge in [0.05, 0.1) is 0 Å². The highest BCUT2D eigenvalue weighted by Crippen LogP contribution is 2.08. The van der Waals surface area contributed by atoms with E-state index < -0.39 is 0 Å². The van der Waals surface area contributed by atoms with Crippen molar-refractivity contribution in [2.75, 3.05) is 32.7 Å². The maximum Gasteiger partial charge on any atom is 0.410 e. The van der Waals surface area contributed by atoms with Gasteiger partial charge in [-0.25, -0.2) is 4.79 Å². The number of benzene rings is 1. The van der Waals surface area contributed by atoms with Crippen molar-refractivity contribution in [2.24, 2.45) is 0 Å². The number of hydrogen-bond donors (Lipinski definition) is 0. The molecule has 0 spiro atoms. The van der Waals surface area contributed by atoms with Crippen molar-refractivity contribution in [2.45, 2.75) is 25.9 Å². The summed E-state index contributed by atoms with van der Waals surface area (Å²) in [4.78, 5) is 26.2. The van der Waals surface area contributed by atoms with E-state index >= 15 is 0 Å². The SMILES string of the molecule is O=[C]CCCCN1CCN(C(=O)OCc2ccccc2)CC1. The summed E-state index contributed by atoms with van der Waals surface area (Å²) in [6.45, 7) is 4.44. The van der Waals surface area contributed by atoms with Crippen LogP contribution in [-0.2, 0) is 16.1 Å². The molecular weight excluding hydrogens is 280 g/mol. The quantitative estimate of drug-likeness (QED) is 0.725. The van der Waals surface area contributed by atoms with Crippen LogP contribution in [0.15, 0.2) is 30.3 Å². The van der Waals surface area contributed by atoms with Gasteiger partial charge in [0.1, 0.15) is 6.61 Å².